The standard InChI is InChI=1S/C7H5BO2/c8-7-1-5(3-9)6(2-7)4-10/h1-4,9H/b5-3-. The fraction of sp³-hybridized carbons (Fsp3) is 0. The molecule has 0 heterocycles. The topological polar surface area (TPSA) is 37.3 Å². The van der Waals surface area contributed by atoms with Gasteiger partial charge >= 0.3 is 0 Å². The quantitative estimate of drug-likeness (QED) is 0.322. The molecule has 10 heavy (non-hydrogen) atoms. The fourth-order valence-corrected chi connectivity index (χ4v) is 0.781. The highest BCUT2D eigenvalue weighted by Gasteiger charge is 2.07. The average Bonchev–Trinajstić information content (AvgIpc) is 2.30. The van der Waals surface area contributed by atoms with Gasteiger partial charge in [0.05, 0.1) is 6.26 Å². The van der Waals surface area contributed by atoms with Crippen LogP contribution in [-0.2, 0) is 4.79 Å². The second-order valence-electron chi connectivity index (χ2n) is 1.95. The van der Waals surface area contributed by atoms with E-state index in [1.165, 1.54) is 12.2 Å². The first kappa shape index (κ1) is 6.87. The second kappa shape index (κ2) is 2.56. The van der Waals surface area contributed by atoms with Crippen LogP contribution >= 0.6 is 0 Å². The van der Waals surface area contributed by atoms with Crippen molar-refractivity contribution in [3.8, 4) is 0 Å². The van der Waals surface area contributed by atoms with Gasteiger partial charge in [-0.05, 0) is 0 Å². The first-order valence-corrected chi connectivity index (χ1v) is 2.76. The van der Waals surface area contributed by atoms with Gasteiger partial charge in [-0.3, -0.25) is 4.79 Å². The third-order valence-electron chi connectivity index (χ3n) is 1.24. The molecule has 0 saturated carbocycles. The maximum absolute atomic E-state index is 10.2. The van der Waals surface area contributed by atoms with E-state index in [4.69, 9.17) is 13.0 Å². The maximum Gasteiger partial charge on any atom is 0.150 e. The summed E-state index contributed by atoms with van der Waals surface area (Å²) in [6.07, 6.45) is 4.55. The first-order valence-electron chi connectivity index (χ1n) is 2.76. The molecule has 0 unspecified atom stereocenters. The molecule has 0 aliphatic heterocycles. The number of hydrogen-bond acceptors (Lipinski definition) is 2. The van der Waals surface area contributed by atoms with E-state index in [-0.39, 0.29) is 0 Å². The highest BCUT2D eigenvalue weighted by molar-refractivity contribution is 6.25. The summed E-state index contributed by atoms with van der Waals surface area (Å²) < 4.78 is 0. The molecule has 48 valence electrons. The number of rotatable bonds is 1. The van der Waals surface area contributed by atoms with Gasteiger partial charge < -0.3 is 5.11 Å². The molecule has 1 aliphatic rings. The van der Waals surface area contributed by atoms with Crippen molar-refractivity contribution in [2.75, 3.05) is 0 Å². The number of allylic oxidation sites excluding steroid dienone is 5. The fourth-order valence-electron chi connectivity index (χ4n) is 0.781. The van der Waals surface area contributed by atoms with Crippen molar-refractivity contribution < 1.29 is 9.90 Å². The van der Waals surface area contributed by atoms with E-state index in [9.17, 15) is 4.79 Å². The summed E-state index contributed by atoms with van der Waals surface area (Å²) in [5.74, 6) is 0. The van der Waals surface area contributed by atoms with Crippen molar-refractivity contribution in [1.29, 1.82) is 0 Å². The minimum Gasteiger partial charge on any atom is -0.515 e. The summed E-state index contributed by atoms with van der Waals surface area (Å²) in [7, 11) is 5.34. The molecular formula is C7H5BO2. The van der Waals surface area contributed by atoms with Crippen LogP contribution in [0.5, 0.6) is 0 Å². The van der Waals surface area contributed by atoms with E-state index >= 15 is 0 Å². The lowest BCUT2D eigenvalue weighted by Gasteiger charge is -1.88. The number of carbonyl (C=O) groups is 1. The summed E-state index contributed by atoms with van der Waals surface area (Å²) in [5.41, 5.74) is 1.37. The van der Waals surface area contributed by atoms with Gasteiger partial charge in [0, 0.05) is 11.1 Å². The average molecular weight is 132 g/mol. The Morgan fingerprint density at radius 2 is 2.20 bits per heavy atom. The normalized spacial score (nSPS) is 20.6. The van der Waals surface area contributed by atoms with Gasteiger partial charge in [0.1, 0.15) is 7.85 Å². The van der Waals surface area contributed by atoms with E-state index in [2.05, 4.69) is 0 Å². The van der Waals surface area contributed by atoms with Crippen LogP contribution in [0.15, 0.2) is 35.0 Å². The zero-order chi connectivity index (χ0) is 7.56. The van der Waals surface area contributed by atoms with Crippen LogP contribution in [0.1, 0.15) is 0 Å². The number of carbonyl (C=O) groups excluding carboxylic acids is 1. The molecule has 0 aromatic heterocycles. The Morgan fingerprint density at radius 3 is 2.60 bits per heavy atom. The van der Waals surface area contributed by atoms with Crippen molar-refractivity contribution in [2.45, 2.75) is 0 Å². The minimum atomic E-state index is 0.417. The minimum absolute atomic E-state index is 0.417. The molecule has 1 aliphatic carbocycles. The molecule has 0 aromatic rings. The van der Waals surface area contributed by atoms with E-state index in [1.807, 2.05) is 0 Å². The number of aliphatic hydroxyl groups excluding tert-OH is 1. The van der Waals surface area contributed by atoms with E-state index in [0.717, 1.165) is 6.26 Å². The van der Waals surface area contributed by atoms with Crippen molar-refractivity contribution in [1.82, 2.24) is 0 Å². The first-order chi connectivity index (χ1) is 4.77. The third-order valence-corrected chi connectivity index (χ3v) is 1.24. The Bertz CT molecular complexity index is 248. The summed E-state index contributed by atoms with van der Waals surface area (Å²) in [6, 6.07) is 0. The number of hydrogen-bond donors (Lipinski definition) is 1. The number of aliphatic hydroxyl groups is 1. The van der Waals surface area contributed by atoms with Crippen LogP contribution in [0.25, 0.3) is 0 Å². The molecule has 0 saturated heterocycles. The SMILES string of the molecule is [B]C1=C/C(=C/O)C(C=O)=C1. The predicted octanol–water partition coefficient (Wildman–Crippen LogP) is 0.620. The second-order valence-corrected chi connectivity index (χ2v) is 1.95. The largest absolute Gasteiger partial charge is 0.515 e. The van der Waals surface area contributed by atoms with Crippen LogP contribution in [-0.4, -0.2) is 19.2 Å². The lowest BCUT2D eigenvalue weighted by Crippen LogP contribution is -1.82. The van der Waals surface area contributed by atoms with E-state index in [1.54, 1.807) is 0 Å². The summed E-state index contributed by atoms with van der Waals surface area (Å²) >= 11 is 0. The highest BCUT2D eigenvalue weighted by atomic mass is 16.2. The molecule has 0 spiro atoms. The van der Waals surface area contributed by atoms with E-state index in [0.29, 0.717) is 22.9 Å². The Morgan fingerprint density at radius 1 is 1.50 bits per heavy atom. The van der Waals surface area contributed by atoms with Gasteiger partial charge in [-0.1, -0.05) is 17.6 Å². The molecule has 3 heteroatoms. The molecule has 1 rings (SSSR count). The van der Waals surface area contributed by atoms with E-state index < -0.39 is 0 Å². The molecule has 0 aromatic carbocycles. The molecule has 0 amide bonds. The maximum atomic E-state index is 10.2. The van der Waals surface area contributed by atoms with Crippen LogP contribution in [0.4, 0.5) is 0 Å². The van der Waals surface area contributed by atoms with Gasteiger partial charge in [0.15, 0.2) is 6.29 Å². The molecule has 0 fully saturated rings. The highest BCUT2D eigenvalue weighted by Crippen LogP contribution is 2.18. The van der Waals surface area contributed by atoms with Gasteiger partial charge in [-0.15, -0.1) is 0 Å². The van der Waals surface area contributed by atoms with Gasteiger partial charge in [-0.2, -0.15) is 0 Å². The van der Waals surface area contributed by atoms with Crippen LogP contribution in [0.3, 0.4) is 0 Å². The Balaban J connectivity index is 3.00. The lowest BCUT2D eigenvalue weighted by atomic mass is 9.98. The van der Waals surface area contributed by atoms with Crippen molar-refractivity contribution in [3.63, 3.8) is 0 Å². The number of aldehydes is 1. The molecule has 1 N–H and O–H groups in total. The lowest BCUT2D eigenvalue weighted by molar-refractivity contribution is -0.104. The van der Waals surface area contributed by atoms with Crippen molar-refractivity contribution >= 4 is 14.1 Å². The van der Waals surface area contributed by atoms with Crippen LogP contribution < -0.4 is 0 Å². The summed E-state index contributed by atoms with van der Waals surface area (Å²) in [6.45, 7) is 0. The smallest absolute Gasteiger partial charge is 0.150 e. The molecule has 2 nitrogen and oxygen atoms in total. The molecular weight excluding hydrogens is 127 g/mol. The Hall–Kier alpha value is -1.25. The zero-order valence-corrected chi connectivity index (χ0v) is 5.24. The van der Waals surface area contributed by atoms with Crippen molar-refractivity contribution in [3.05, 3.63) is 35.0 Å². The molecule has 0 bridgehead atoms. The molecule has 0 atom stereocenters. The molecule has 2 radical (unpaired) electrons. The zero-order valence-electron chi connectivity index (χ0n) is 5.24. The van der Waals surface area contributed by atoms with Gasteiger partial charge in [0.25, 0.3) is 0 Å². The van der Waals surface area contributed by atoms with Crippen LogP contribution in [0, 0.1) is 0 Å². The predicted molar refractivity (Wildman–Crippen MR) is 38.7 cm³/mol. The monoisotopic (exact) mass is 132 g/mol. The Labute approximate surface area is 60.0 Å². The Kier molecular flexibility index (Phi) is 1.76. The van der Waals surface area contributed by atoms with Gasteiger partial charge in [0.2, 0.25) is 0 Å². The summed E-state index contributed by atoms with van der Waals surface area (Å²) in [5, 5.41) is 8.52. The summed E-state index contributed by atoms with van der Waals surface area (Å²) in [4.78, 5) is 10.2. The third kappa shape index (κ3) is 1.03. The van der Waals surface area contributed by atoms with Gasteiger partial charge in [-0.25, -0.2) is 0 Å². The van der Waals surface area contributed by atoms with Crippen molar-refractivity contribution in [2.24, 2.45) is 0 Å². The van der Waals surface area contributed by atoms with Crippen LogP contribution in [0.2, 0.25) is 0 Å².